The molecule has 1 aliphatic heterocycles. The highest BCUT2D eigenvalue weighted by Crippen LogP contribution is 2.37. The van der Waals surface area contributed by atoms with Crippen LogP contribution in [-0.4, -0.2) is 41.6 Å². The van der Waals surface area contributed by atoms with Gasteiger partial charge in [0.25, 0.3) is 5.56 Å². The van der Waals surface area contributed by atoms with Gasteiger partial charge in [-0.05, 0) is 19.8 Å². The molecule has 1 aliphatic carbocycles. The van der Waals surface area contributed by atoms with Gasteiger partial charge in [-0.1, -0.05) is 0 Å². The van der Waals surface area contributed by atoms with Crippen molar-refractivity contribution in [2.45, 2.75) is 51.0 Å². The Morgan fingerprint density at radius 3 is 2.67 bits per heavy atom. The third-order valence-electron chi connectivity index (χ3n) is 4.65. The Hall–Kier alpha value is -1.40. The van der Waals surface area contributed by atoms with Crippen LogP contribution < -0.4 is 10.5 Å². The molecule has 0 N–H and O–H groups in total. The summed E-state index contributed by atoms with van der Waals surface area (Å²) >= 11 is 0. The maximum absolute atomic E-state index is 12.3. The summed E-state index contributed by atoms with van der Waals surface area (Å²) in [5, 5.41) is 0. The maximum Gasteiger partial charge on any atom is 0.293 e. The highest BCUT2D eigenvalue weighted by Gasteiger charge is 2.41. The molecule has 0 radical (unpaired) electrons. The van der Waals surface area contributed by atoms with E-state index in [2.05, 4.69) is 4.98 Å². The lowest BCUT2D eigenvalue weighted by Crippen LogP contribution is -2.45. The Kier molecular flexibility index (Phi) is 3.99. The molecule has 1 aromatic rings. The van der Waals surface area contributed by atoms with Crippen molar-refractivity contribution >= 4 is 5.82 Å². The fraction of sp³-hybridized carbons (Fsp3) is 0.733. The highest BCUT2D eigenvalue weighted by molar-refractivity contribution is 5.36. The van der Waals surface area contributed by atoms with Crippen LogP contribution in [-0.2, 0) is 16.0 Å². The lowest BCUT2D eigenvalue weighted by molar-refractivity contribution is -0.178. The average molecular weight is 293 g/mol. The van der Waals surface area contributed by atoms with Crippen LogP contribution >= 0.6 is 0 Å². The van der Waals surface area contributed by atoms with Crippen LogP contribution in [0.4, 0.5) is 5.82 Å². The Morgan fingerprint density at radius 2 is 2.05 bits per heavy atom. The van der Waals surface area contributed by atoms with E-state index in [1.54, 1.807) is 17.0 Å². The summed E-state index contributed by atoms with van der Waals surface area (Å²) in [5.41, 5.74) is -0.0175. The number of aryl methyl sites for hydroxylation is 1. The molecule has 0 unspecified atom stereocenters. The van der Waals surface area contributed by atoms with Crippen LogP contribution in [0.5, 0.6) is 0 Å². The number of nitrogens with zero attached hydrogens (tertiary/aromatic N) is 3. The van der Waals surface area contributed by atoms with Gasteiger partial charge in [0, 0.05) is 44.9 Å². The van der Waals surface area contributed by atoms with E-state index in [0.29, 0.717) is 31.6 Å². The van der Waals surface area contributed by atoms with Crippen molar-refractivity contribution in [1.82, 2.24) is 9.55 Å². The molecule has 1 saturated carbocycles. The van der Waals surface area contributed by atoms with Crippen LogP contribution in [0.3, 0.4) is 0 Å². The Bertz CT molecular complexity index is 541. The normalized spacial score (nSPS) is 21.8. The number of rotatable bonds is 3. The average Bonchev–Trinajstić information content (AvgIpc) is 2.96. The molecule has 116 valence electrons. The number of aromatic nitrogens is 2. The van der Waals surface area contributed by atoms with Crippen LogP contribution in [0, 0.1) is 0 Å². The topological polar surface area (TPSA) is 56.6 Å². The zero-order valence-corrected chi connectivity index (χ0v) is 12.7. The molecule has 3 rings (SSSR count). The zero-order valence-electron chi connectivity index (χ0n) is 12.7. The minimum Gasteiger partial charge on any atom is -0.352 e. The molecule has 21 heavy (non-hydrogen) atoms. The quantitative estimate of drug-likeness (QED) is 0.843. The molecule has 2 fully saturated rings. The summed E-state index contributed by atoms with van der Waals surface area (Å²) in [6, 6.07) is 0.316. The summed E-state index contributed by atoms with van der Waals surface area (Å²) in [6.45, 7) is 4.02. The van der Waals surface area contributed by atoms with Gasteiger partial charge in [-0.25, -0.2) is 4.98 Å². The lowest BCUT2D eigenvalue weighted by Gasteiger charge is -2.39. The number of hydrogen-bond donors (Lipinski definition) is 0. The van der Waals surface area contributed by atoms with Gasteiger partial charge in [0.15, 0.2) is 11.6 Å². The van der Waals surface area contributed by atoms with Gasteiger partial charge in [-0.2, -0.15) is 0 Å². The lowest BCUT2D eigenvalue weighted by atomic mass is 9.89. The molecule has 1 aromatic heterocycles. The Balaban J connectivity index is 1.72. The summed E-state index contributed by atoms with van der Waals surface area (Å²) in [5.74, 6) is 0.180. The van der Waals surface area contributed by atoms with Gasteiger partial charge in [0.2, 0.25) is 0 Å². The monoisotopic (exact) mass is 293 g/mol. The van der Waals surface area contributed by atoms with Crippen LogP contribution in [0.25, 0.3) is 0 Å². The predicted molar refractivity (Wildman–Crippen MR) is 79.5 cm³/mol. The fourth-order valence-electron chi connectivity index (χ4n) is 3.32. The van der Waals surface area contributed by atoms with Gasteiger partial charge in [0.1, 0.15) is 0 Å². The predicted octanol–water partition coefficient (Wildman–Crippen LogP) is 1.39. The molecule has 1 saturated heterocycles. The Morgan fingerprint density at radius 1 is 1.38 bits per heavy atom. The van der Waals surface area contributed by atoms with E-state index in [0.717, 1.165) is 25.7 Å². The van der Waals surface area contributed by atoms with Crippen LogP contribution in [0.2, 0.25) is 0 Å². The molecule has 0 aromatic carbocycles. The molecular formula is C15H23N3O3. The van der Waals surface area contributed by atoms with Gasteiger partial charge >= 0.3 is 0 Å². The van der Waals surface area contributed by atoms with E-state index in [9.17, 15) is 4.79 Å². The summed E-state index contributed by atoms with van der Waals surface area (Å²) in [7, 11) is 1.96. The second kappa shape index (κ2) is 5.77. The van der Waals surface area contributed by atoms with E-state index in [1.165, 1.54) is 0 Å². The van der Waals surface area contributed by atoms with Crippen molar-refractivity contribution < 1.29 is 9.47 Å². The van der Waals surface area contributed by atoms with Crippen molar-refractivity contribution in [3.63, 3.8) is 0 Å². The van der Waals surface area contributed by atoms with E-state index in [-0.39, 0.29) is 11.3 Å². The van der Waals surface area contributed by atoms with Crippen LogP contribution in [0.1, 0.15) is 32.6 Å². The van der Waals surface area contributed by atoms with Crippen molar-refractivity contribution in [2.75, 3.05) is 25.2 Å². The van der Waals surface area contributed by atoms with Crippen LogP contribution in [0.15, 0.2) is 17.2 Å². The molecule has 0 atom stereocenters. The molecule has 0 amide bonds. The first-order valence-electron chi connectivity index (χ1n) is 7.71. The minimum absolute atomic E-state index is 0.0175. The summed E-state index contributed by atoms with van der Waals surface area (Å²) in [4.78, 5) is 18.6. The Labute approximate surface area is 124 Å². The SMILES string of the molecule is CCn1ccnc(N(C)C2CCC3(CC2)OCCO3)c1=O. The summed E-state index contributed by atoms with van der Waals surface area (Å²) in [6.07, 6.45) is 7.12. The van der Waals surface area contributed by atoms with Crippen molar-refractivity contribution in [1.29, 1.82) is 0 Å². The third kappa shape index (κ3) is 2.70. The minimum atomic E-state index is -0.356. The molecule has 6 heteroatoms. The maximum atomic E-state index is 12.3. The first kappa shape index (κ1) is 14.5. The third-order valence-corrected chi connectivity index (χ3v) is 4.65. The van der Waals surface area contributed by atoms with Crippen molar-refractivity contribution in [2.24, 2.45) is 0 Å². The zero-order chi connectivity index (χ0) is 14.9. The second-order valence-corrected chi connectivity index (χ2v) is 5.79. The first-order chi connectivity index (χ1) is 10.2. The van der Waals surface area contributed by atoms with Gasteiger partial charge in [0.05, 0.1) is 13.2 Å². The molecule has 2 aliphatic rings. The van der Waals surface area contributed by atoms with Crippen molar-refractivity contribution in [3.8, 4) is 0 Å². The first-order valence-corrected chi connectivity index (χ1v) is 7.71. The van der Waals surface area contributed by atoms with E-state index in [4.69, 9.17) is 9.47 Å². The van der Waals surface area contributed by atoms with Crippen molar-refractivity contribution in [3.05, 3.63) is 22.7 Å². The molecule has 6 nitrogen and oxygen atoms in total. The molecule has 2 heterocycles. The van der Waals surface area contributed by atoms with Gasteiger partial charge in [-0.3, -0.25) is 4.79 Å². The number of ether oxygens (including phenoxy) is 2. The highest BCUT2D eigenvalue weighted by atomic mass is 16.7. The second-order valence-electron chi connectivity index (χ2n) is 5.79. The molecular weight excluding hydrogens is 270 g/mol. The molecule has 1 spiro atoms. The van der Waals surface area contributed by atoms with E-state index >= 15 is 0 Å². The smallest absolute Gasteiger partial charge is 0.293 e. The summed E-state index contributed by atoms with van der Waals surface area (Å²) < 4.78 is 13.2. The number of hydrogen-bond acceptors (Lipinski definition) is 5. The largest absolute Gasteiger partial charge is 0.352 e. The standard InChI is InChI=1S/C15H23N3O3/c1-3-18-9-8-16-13(14(18)19)17(2)12-4-6-15(7-5-12)20-10-11-21-15/h8-9,12H,3-7,10-11H2,1-2H3. The van der Waals surface area contributed by atoms with E-state index in [1.807, 2.05) is 18.9 Å². The molecule has 0 bridgehead atoms. The van der Waals surface area contributed by atoms with Gasteiger partial charge < -0.3 is 18.9 Å². The number of anilines is 1. The van der Waals surface area contributed by atoms with E-state index < -0.39 is 0 Å². The van der Waals surface area contributed by atoms with Gasteiger partial charge in [-0.15, -0.1) is 0 Å². The fourth-order valence-corrected chi connectivity index (χ4v) is 3.32.